The van der Waals surface area contributed by atoms with E-state index in [0.717, 1.165) is 36.3 Å². The molecule has 0 spiro atoms. The predicted molar refractivity (Wildman–Crippen MR) is 84.7 cm³/mol. The molecule has 1 saturated heterocycles. The molecule has 1 saturated carbocycles. The maximum atomic E-state index is 12.8. The Hall–Kier alpha value is -1.94. The molecular formula is C18H20N2O2. The Morgan fingerprint density at radius 2 is 2.09 bits per heavy atom. The zero-order valence-corrected chi connectivity index (χ0v) is 12.6. The van der Waals surface area contributed by atoms with Crippen molar-refractivity contribution in [3.63, 3.8) is 0 Å². The average Bonchev–Trinajstić information content (AvgIpc) is 3.28. The van der Waals surface area contributed by atoms with E-state index in [4.69, 9.17) is 4.74 Å². The normalized spacial score (nSPS) is 21.5. The van der Waals surface area contributed by atoms with Crippen LogP contribution in [0, 0.1) is 5.92 Å². The van der Waals surface area contributed by atoms with E-state index in [9.17, 15) is 4.79 Å². The summed E-state index contributed by atoms with van der Waals surface area (Å²) in [4.78, 5) is 19.0. The number of nitrogens with zero attached hydrogens (tertiary/aromatic N) is 2. The summed E-state index contributed by atoms with van der Waals surface area (Å²) >= 11 is 0. The Morgan fingerprint density at radius 3 is 2.95 bits per heavy atom. The molecule has 0 bridgehead atoms. The van der Waals surface area contributed by atoms with E-state index in [1.165, 1.54) is 12.8 Å². The Labute approximate surface area is 130 Å². The summed E-state index contributed by atoms with van der Waals surface area (Å²) < 4.78 is 5.92. The molecule has 2 aliphatic rings. The number of hydrogen-bond donors (Lipinski definition) is 0. The summed E-state index contributed by atoms with van der Waals surface area (Å²) in [5, 5.41) is 1.99. The van der Waals surface area contributed by atoms with E-state index >= 15 is 0 Å². The zero-order chi connectivity index (χ0) is 14.9. The largest absolute Gasteiger partial charge is 0.376 e. The van der Waals surface area contributed by atoms with Crippen molar-refractivity contribution in [2.75, 3.05) is 19.7 Å². The molecule has 2 heterocycles. The van der Waals surface area contributed by atoms with Crippen molar-refractivity contribution in [1.29, 1.82) is 0 Å². The van der Waals surface area contributed by atoms with Crippen LogP contribution in [0.2, 0.25) is 0 Å². The van der Waals surface area contributed by atoms with Gasteiger partial charge in [0, 0.05) is 31.3 Å². The maximum absolute atomic E-state index is 12.8. The second-order valence-electron chi connectivity index (χ2n) is 6.32. The lowest BCUT2D eigenvalue weighted by molar-refractivity contribution is 0.0479. The lowest BCUT2D eigenvalue weighted by Gasteiger charge is -2.17. The van der Waals surface area contributed by atoms with E-state index in [0.29, 0.717) is 12.2 Å². The van der Waals surface area contributed by atoms with Gasteiger partial charge in [-0.3, -0.25) is 9.78 Å². The molecule has 1 aliphatic heterocycles. The van der Waals surface area contributed by atoms with Crippen LogP contribution in [0.5, 0.6) is 0 Å². The molecule has 114 valence electrons. The van der Waals surface area contributed by atoms with Crippen molar-refractivity contribution in [3.8, 4) is 0 Å². The van der Waals surface area contributed by atoms with Gasteiger partial charge in [0.25, 0.3) is 5.91 Å². The molecule has 2 aromatic rings. The van der Waals surface area contributed by atoms with Crippen LogP contribution in [0.1, 0.15) is 29.8 Å². The van der Waals surface area contributed by atoms with Gasteiger partial charge in [0.05, 0.1) is 6.10 Å². The first-order valence-electron chi connectivity index (χ1n) is 8.06. The molecular weight excluding hydrogens is 276 g/mol. The van der Waals surface area contributed by atoms with Gasteiger partial charge in [-0.2, -0.15) is 0 Å². The molecule has 4 nitrogen and oxygen atoms in total. The van der Waals surface area contributed by atoms with Crippen LogP contribution >= 0.6 is 0 Å². The summed E-state index contributed by atoms with van der Waals surface area (Å²) in [6, 6.07) is 9.85. The number of hydrogen-bond acceptors (Lipinski definition) is 3. The van der Waals surface area contributed by atoms with Gasteiger partial charge < -0.3 is 9.64 Å². The van der Waals surface area contributed by atoms with E-state index in [-0.39, 0.29) is 12.0 Å². The highest BCUT2D eigenvalue weighted by molar-refractivity contribution is 6.05. The number of carbonyl (C=O) groups is 1. The SMILES string of the molecule is O=C(c1nccc2ccccc12)N1CC[C@H](OCC2CC2)C1. The van der Waals surface area contributed by atoms with Gasteiger partial charge in [0.1, 0.15) is 5.69 Å². The number of amides is 1. The first-order valence-corrected chi connectivity index (χ1v) is 8.06. The second-order valence-corrected chi connectivity index (χ2v) is 6.32. The molecule has 0 unspecified atom stereocenters. The Balaban J connectivity index is 1.49. The molecule has 1 aromatic heterocycles. The van der Waals surface area contributed by atoms with Gasteiger partial charge in [-0.25, -0.2) is 0 Å². The van der Waals surface area contributed by atoms with Crippen LogP contribution in [-0.4, -0.2) is 41.6 Å². The zero-order valence-electron chi connectivity index (χ0n) is 12.6. The minimum atomic E-state index is 0.0225. The third kappa shape index (κ3) is 2.71. The van der Waals surface area contributed by atoms with Gasteiger partial charge >= 0.3 is 0 Å². The number of benzene rings is 1. The van der Waals surface area contributed by atoms with Crippen molar-refractivity contribution in [2.45, 2.75) is 25.4 Å². The molecule has 22 heavy (non-hydrogen) atoms. The summed E-state index contributed by atoms with van der Waals surface area (Å²) in [6.45, 7) is 2.31. The topological polar surface area (TPSA) is 42.4 Å². The summed E-state index contributed by atoms with van der Waals surface area (Å²) in [6.07, 6.45) is 5.44. The molecule has 1 amide bonds. The minimum absolute atomic E-state index is 0.0225. The summed E-state index contributed by atoms with van der Waals surface area (Å²) in [5.74, 6) is 0.791. The molecule has 1 aliphatic carbocycles. The molecule has 2 fully saturated rings. The molecule has 1 atom stereocenters. The van der Waals surface area contributed by atoms with Crippen molar-refractivity contribution >= 4 is 16.7 Å². The Kier molecular flexibility index (Phi) is 3.54. The number of ether oxygens (including phenoxy) is 1. The Morgan fingerprint density at radius 1 is 1.23 bits per heavy atom. The quantitative estimate of drug-likeness (QED) is 0.871. The van der Waals surface area contributed by atoms with Gasteiger partial charge in [0.15, 0.2) is 0 Å². The fourth-order valence-corrected chi connectivity index (χ4v) is 3.05. The van der Waals surface area contributed by atoms with E-state index in [2.05, 4.69) is 4.98 Å². The molecule has 0 radical (unpaired) electrons. The first kappa shape index (κ1) is 13.7. The summed E-state index contributed by atoms with van der Waals surface area (Å²) in [7, 11) is 0. The standard InChI is InChI=1S/C18H20N2O2/c21-18(17-16-4-2-1-3-14(16)7-9-19-17)20-10-8-15(11-20)22-12-13-5-6-13/h1-4,7,9,13,15H,5-6,8,10-12H2/t15-/m0/s1. The predicted octanol–water partition coefficient (Wildman–Crippen LogP) is 2.88. The van der Waals surface area contributed by atoms with E-state index in [1.54, 1.807) is 6.20 Å². The smallest absolute Gasteiger partial charge is 0.273 e. The van der Waals surface area contributed by atoms with Crippen molar-refractivity contribution in [1.82, 2.24) is 9.88 Å². The van der Waals surface area contributed by atoms with Crippen LogP contribution in [0.25, 0.3) is 10.8 Å². The minimum Gasteiger partial charge on any atom is -0.376 e. The lowest BCUT2D eigenvalue weighted by atomic mass is 10.1. The van der Waals surface area contributed by atoms with Gasteiger partial charge in [0.2, 0.25) is 0 Å². The molecule has 4 heteroatoms. The van der Waals surface area contributed by atoms with E-state index < -0.39 is 0 Å². The van der Waals surface area contributed by atoms with Crippen LogP contribution < -0.4 is 0 Å². The van der Waals surface area contributed by atoms with Gasteiger partial charge in [-0.05, 0) is 36.6 Å². The number of likely N-dealkylation sites (tertiary alicyclic amines) is 1. The van der Waals surface area contributed by atoms with Crippen LogP contribution in [0.15, 0.2) is 36.5 Å². The van der Waals surface area contributed by atoms with Gasteiger partial charge in [-0.15, -0.1) is 0 Å². The average molecular weight is 296 g/mol. The molecule has 1 aromatic carbocycles. The molecule has 4 rings (SSSR count). The van der Waals surface area contributed by atoms with Crippen LogP contribution in [-0.2, 0) is 4.74 Å². The maximum Gasteiger partial charge on any atom is 0.273 e. The third-order valence-corrected chi connectivity index (χ3v) is 4.57. The highest BCUT2D eigenvalue weighted by Gasteiger charge is 2.30. The highest BCUT2D eigenvalue weighted by atomic mass is 16.5. The fraction of sp³-hybridized carbons (Fsp3) is 0.444. The number of pyridine rings is 1. The van der Waals surface area contributed by atoms with Gasteiger partial charge in [-0.1, -0.05) is 24.3 Å². The number of carbonyl (C=O) groups excluding carboxylic acids is 1. The molecule has 0 N–H and O–H groups in total. The fourth-order valence-electron chi connectivity index (χ4n) is 3.05. The van der Waals surface area contributed by atoms with Crippen LogP contribution in [0.4, 0.5) is 0 Å². The highest BCUT2D eigenvalue weighted by Crippen LogP contribution is 2.30. The van der Waals surface area contributed by atoms with Crippen molar-refractivity contribution < 1.29 is 9.53 Å². The van der Waals surface area contributed by atoms with Crippen LogP contribution in [0.3, 0.4) is 0 Å². The second kappa shape index (κ2) is 5.69. The van der Waals surface area contributed by atoms with E-state index in [1.807, 2.05) is 35.2 Å². The van der Waals surface area contributed by atoms with Crippen molar-refractivity contribution in [2.24, 2.45) is 5.92 Å². The third-order valence-electron chi connectivity index (χ3n) is 4.57. The summed E-state index contributed by atoms with van der Waals surface area (Å²) in [5.41, 5.74) is 0.556. The number of fused-ring (bicyclic) bond motifs is 1. The number of rotatable bonds is 4. The van der Waals surface area contributed by atoms with Crippen molar-refractivity contribution in [3.05, 3.63) is 42.2 Å². The number of aromatic nitrogens is 1. The monoisotopic (exact) mass is 296 g/mol. The lowest BCUT2D eigenvalue weighted by Crippen LogP contribution is -2.31. The Bertz CT molecular complexity index is 691. The first-order chi connectivity index (χ1) is 10.8.